The molecule has 0 aliphatic carbocycles. The number of amides is 1. The summed E-state index contributed by atoms with van der Waals surface area (Å²) in [6, 6.07) is 18.2. The molecule has 3 aromatic carbocycles. The Kier molecular flexibility index (Phi) is 8.36. The van der Waals surface area contributed by atoms with Gasteiger partial charge in [0.1, 0.15) is 5.75 Å². The van der Waals surface area contributed by atoms with E-state index in [9.17, 15) is 13.2 Å². The minimum Gasteiger partial charge on any atom is -0.492 e. The number of hydrogen-bond donors (Lipinski definition) is 2. The molecule has 174 valence electrons. The highest BCUT2D eigenvalue weighted by Crippen LogP contribution is 2.29. The van der Waals surface area contributed by atoms with Gasteiger partial charge in [-0.15, -0.1) is 0 Å². The number of aryl methyl sites for hydroxylation is 1. The second kappa shape index (κ2) is 11.2. The first-order valence-electron chi connectivity index (χ1n) is 10.8. The van der Waals surface area contributed by atoms with Crippen molar-refractivity contribution in [1.82, 2.24) is 0 Å². The van der Waals surface area contributed by atoms with E-state index in [1.807, 2.05) is 12.1 Å². The lowest BCUT2D eigenvalue weighted by Crippen LogP contribution is -2.16. The van der Waals surface area contributed by atoms with Crippen LogP contribution in [0.1, 0.15) is 42.6 Å². The fourth-order valence-corrected chi connectivity index (χ4v) is 4.49. The van der Waals surface area contributed by atoms with E-state index in [1.54, 1.807) is 37.3 Å². The molecule has 8 heteroatoms. The maximum atomic E-state index is 13.0. The predicted octanol–water partition coefficient (Wildman–Crippen LogP) is 6.13. The van der Waals surface area contributed by atoms with E-state index in [-0.39, 0.29) is 10.6 Å². The summed E-state index contributed by atoms with van der Waals surface area (Å²) < 4.78 is 34.2. The molecule has 6 nitrogen and oxygen atoms in total. The molecule has 3 aromatic rings. The number of rotatable bonds is 10. The van der Waals surface area contributed by atoms with Crippen LogP contribution in [0.2, 0.25) is 5.02 Å². The Bertz CT molecular complexity index is 1210. The second-order valence-corrected chi connectivity index (χ2v) is 9.58. The van der Waals surface area contributed by atoms with Gasteiger partial charge in [0, 0.05) is 16.3 Å². The number of halogens is 1. The van der Waals surface area contributed by atoms with E-state index in [1.165, 1.54) is 24.3 Å². The van der Waals surface area contributed by atoms with Crippen LogP contribution in [0, 0.1) is 0 Å². The number of anilines is 2. The normalized spacial score (nSPS) is 11.1. The molecular weight excluding hydrogens is 460 g/mol. The summed E-state index contributed by atoms with van der Waals surface area (Å²) in [6.07, 6.45) is 3.14. The molecule has 0 bridgehead atoms. The molecule has 0 heterocycles. The van der Waals surface area contributed by atoms with Crippen LogP contribution in [0.5, 0.6) is 5.75 Å². The third kappa shape index (κ3) is 6.73. The van der Waals surface area contributed by atoms with Gasteiger partial charge in [-0.3, -0.25) is 9.52 Å². The molecule has 1 amide bonds. The third-order valence-electron chi connectivity index (χ3n) is 4.92. The van der Waals surface area contributed by atoms with Crippen molar-refractivity contribution in [1.29, 1.82) is 0 Å². The average Bonchev–Trinajstić information content (AvgIpc) is 2.79. The van der Waals surface area contributed by atoms with Gasteiger partial charge in [-0.1, -0.05) is 43.1 Å². The van der Waals surface area contributed by atoms with Gasteiger partial charge in [0.2, 0.25) is 0 Å². The van der Waals surface area contributed by atoms with Gasteiger partial charge in [-0.05, 0) is 73.9 Å². The van der Waals surface area contributed by atoms with E-state index in [2.05, 4.69) is 17.0 Å². The smallest absolute Gasteiger partial charge is 0.261 e. The van der Waals surface area contributed by atoms with Crippen LogP contribution in [-0.2, 0) is 16.4 Å². The van der Waals surface area contributed by atoms with E-state index < -0.39 is 15.9 Å². The summed E-state index contributed by atoms with van der Waals surface area (Å²) in [7, 11) is -3.88. The maximum Gasteiger partial charge on any atom is 0.261 e. The fourth-order valence-electron chi connectivity index (χ4n) is 3.21. The molecule has 0 saturated carbocycles. The van der Waals surface area contributed by atoms with Crippen molar-refractivity contribution < 1.29 is 17.9 Å². The second-order valence-electron chi connectivity index (χ2n) is 7.46. The summed E-state index contributed by atoms with van der Waals surface area (Å²) in [5.74, 6) is -0.0595. The summed E-state index contributed by atoms with van der Waals surface area (Å²) in [5, 5.41) is 3.15. The zero-order valence-corrected chi connectivity index (χ0v) is 20.2. The fraction of sp³-hybridized carbons (Fsp3) is 0.240. The van der Waals surface area contributed by atoms with Crippen molar-refractivity contribution in [2.45, 2.75) is 38.0 Å². The highest BCUT2D eigenvalue weighted by Gasteiger charge is 2.19. The van der Waals surface area contributed by atoms with Crippen LogP contribution in [0.25, 0.3) is 0 Å². The topological polar surface area (TPSA) is 84.5 Å². The lowest BCUT2D eigenvalue weighted by molar-refractivity contribution is 0.102. The van der Waals surface area contributed by atoms with Crippen LogP contribution in [0.15, 0.2) is 71.6 Å². The monoisotopic (exact) mass is 486 g/mol. The number of hydrogen-bond acceptors (Lipinski definition) is 4. The minimum atomic E-state index is -3.88. The molecule has 0 aliphatic rings. The Morgan fingerprint density at radius 2 is 1.76 bits per heavy atom. The largest absolute Gasteiger partial charge is 0.492 e. The van der Waals surface area contributed by atoms with Crippen LogP contribution in [0.3, 0.4) is 0 Å². The lowest BCUT2D eigenvalue weighted by atomic mass is 10.1. The van der Waals surface area contributed by atoms with Crippen LogP contribution in [-0.4, -0.2) is 20.9 Å². The van der Waals surface area contributed by atoms with Gasteiger partial charge in [0.25, 0.3) is 15.9 Å². The quantitative estimate of drug-likeness (QED) is 0.360. The zero-order chi connectivity index (χ0) is 23.8. The standard InChI is InChI=1S/C25H27ClN2O4S/c1-3-5-7-18-10-12-21(13-11-18)28-33(30,31)22-14-15-24(32-4-2)23(17-22)27-25(29)19-8-6-9-20(26)16-19/h6,8-17,28H,3-5,7H2,1-2H3,(H,27,29). The van der Waals surface area contributed by atoms with Gasteiger partial charge in [-0.25, -0.2) is 8.42 Å². The number of unbranched alkanes of at least 4 members (excludes halogenated alkanes) is 1. The molecule has 0 aliphatic heterocycles. The molecule has 0 unspecified atom stereocenters. The number of carbonyl (C=O) groups is 1. The Balaban J connectivity index is 1.84. The van der Waals surface area contributed by atoms with Gasteiger partial charge in [-0.2, -0.15) is 0 Å². The van der Waals surface area contributed by atoms with Crippen LogP contribution in [0.4, 0.5) is 11.4 Å². The molecule has 0 radical (unpaired) electrons. The molecule has 0 aromatic heterocycles. The van der Waals surface area contributed by atoms with Crippen LogP contribution < -0.4 is 14.8 Å². The minimum absolute atomic E-state index is 0.00223. The first-order chi connectivity index (χ1) is 15.8. The van der Waals surface area contributed by atoms with Gasteiger partial charge in [0.05, 0.1) is 17.2 Å². The predicted molar refractivity (Wildman–Crippen MR) is 133 cm³/mol. The Morgan fingerprint density at radius 1 is 1.00 bits per heavy atom. The highest BCUT2D eigenvalue weighted by molar-refractivity contribution is 7.92. The van der Waals surface area contributed by atoms with Gasteiger partial charge < -0.3 is 10.1 Å². The van der Waals surface area contributed by atoms with E-state index in [0.29, 0.717) is 28.6 Å². The summed E-state index contributed by atoms with van der Waals surface area (Å²) >= 11 is 5.98. The number of nitrogens with one attached hydrogen (secondary N) is 2. The van der Waals surface area contributed by atoms with Gasteiger partial charge >= 0.3 is 0 Å². The van der Waals surface area contributed by atoms with Crippen LogP contribution >= 0.6 is 11.6 Å². The van der Waals surface area contributed by atoms with Crippen molar-refractivity contribution in [3.63, 3.8) is 0 Å². The molecule has 0 saturated heterocycles. The first-order valence-corrected chi connectivity index (χ1v) is 12.6. The van der Waals surface area contributed by atoms with E-state index >= 15 is 0 Å². The van der Waals surface area contributed by atoms with E-state index in [0.717, 1.165) is 24.8 Å². The molecule has 0 spiro atoms. The van der Waals surface area contributed by atoms with Crippen molar-refractivity contribution in [3.8, 4) is 5.75 Å². The molecule has 2 N–H and O–H groups in total. The van der Waals surface area contributed by atoms with Crippen molar-refractivity contribution in [2.75, 3.05) is 16.6 Å². The number of benzene rings is 3. The first kappa shape index (κ1) is 24.6. The Morgan fingerprint density at radius 3 is 2.42 bits per heavy atom. The van der Waals surface area contributed by atoms with Crippen molar-refractivity contribution in [3.05, 3.63) is 82.9 Å². The molecular formula is C25H27ClN2O4S. The Hall–Kier alpha value is -3.03. The maximum absolute atomic E-state index is 13.0. The number of sulfonamides is 1. The van der Waals surface area contributed by atoms with Crippen molar-refractivity contribution >= 4 is 38.9 Å². The average molecular weight is 487 g/mol. The lowest BCUT2D eigenvalue weighted by Gasteiger charge is -2.15. The zero-order valence-electron chi connectivity index (χ0n) is 18.6. The number of ether oxygens (including phenoxy) is 1. The molecule has 3 rings (SSSR count). The Labute approximate surface area is 200 Å². The third-order valence-corrected chi connectivity index (χ3v) is 6.54. The SMILES string of the molecule is CCCCc1ccc(NS(=O)(=O)c2ccc(OCC)c(NC(=O)c3cccc(Cl)c3)c2)cc1. The summed E-state index contributed by atoms with van der Waals surface area (Å²) in [5.41, 5.74) is 2.22. The number of carbonyl (C=O) groups excluding carboxylic acids is 1. The van der Waals surface area contributed by atoms with Gasteiger partial charge in [0.15, 0.2) is 0 Å². The molecule has 0 atom stereocenters. The van der Waals surface area contributed by atoms with E-state index in [4.69, 9.17) is 16.3 Å². The summed E-state index contributed by atoms with van der Waals surface area (Å²) in [4.78, 5) is 12.7. The summed E-state index contributed by atoms with van der Waals surface area (Å²) in [6.45, 7) is 4.29. The molecule has 33 heavy (non-hydrogen) atoms. The highest BCUT2D eigenvalue weighted by atomic mass is 35.5. The molecule has 0 fully saturated rings. The van der Waals surface area contributed by atoms with Crippen molar-refractivity contribution in [2.24, 2.45) is 0 Å².